The van der Waals surface area contributed by atoms with E-state index in [0.29, 0.717) is 19.5 Å². The standard InChI is InChI=1S/C17H22N4O2/c1-23-16-5-3-2-4-14(16)15-12-18-8-11-21(15)17(22)6-9-20-10-7-19-13-20/h2-5,7,10,13,15,18H,6,8-9,11-12H2,1H3. The molecule has 2 heterocycles. The number of ether oxygens (including phenoxy) is 1. The van der Waals surface area contributed by atoms with Gasteiger partial charge in [0.2, 0.25) is 5.91 Å². The second-order valence-electron chi connectivity index (χ2n) is 5.60. The summed E-state index contributed by atoms with van der Waals surface area (Å²) in [5, 5.41) is 3.37. The number of rotatable bonds is 5. The van der Waals surface area contributed by atoms with E-state index < -0.39 is 0 Å². The molecule has 1 unspecified atom stereocenters. The van der Waals surface area contributed by atoms with Crippen LogP contribution in [-0.4, -0.2) is 47.1 Å². The lowest BCUT2D eigenvalue weighted by Gasteiger charge is -2.37. The number of hydrogen-bond acceptors (Lipinski definition) is 4. The van der Waals surface area contributed by atoms with Crippen molar-refractivity contribution >= 4 is 5.91 Å². The molecule has 6 heteroatoms. The van der Waals surface area contributed by atoms with Gasteiger partial charge in [-0.1, -0.05) is 18.2 Å². The van der Waals surface area contributed by atoms with E-state index in [2.05, 4.69) is 10.3 Å². The van der Waals surface area contributed by atoms with Gasteiger partial charge >= 0.3 is 0 Å². The van der Waals surface area contributed by atoms with Gasteiger partial charge in [0.25, 0.3) is 0 Å². The molecule has 0 radical (unpaired) electrons. The van der Waals surface area contributed by atoms with Crippen LogP contribution >= 0.6 is 0 Å². The maximum atomic E-state index is 12.7. The quantitative estimate of drug-likeness (QED) is 0.907. The highest BCUT2D eigenvalue weighted by atomic mass is 16.5. The maximum absolute atomic E-state index is 12.7. The number of nitrogens with one attached hydrogen (secondary N) is 1. The Hall–Kier alpha value is -2.34. The largest absolute Gasteiger partial charge is 0.496 e. The SMILES string of the molecule is COc1ccccc1C1CNCCN1C(=O)CCn1ccnc1. The molecule has 122 valence electrons. The number of methoxy groups -OCH3 is 1. The molecule has 1 amide bonds. The molecule has 23 heavy (non-hydrogen) atoms. The monoisotopic (exact) mass is 314 g/mol. The third-order valence-electron chi connectivity index (χ3n) is 4.20. The Labute approximate surface area is 136 Å². The van der Waals surface area contributed by atoms with E-state index in [1.807, 2.05) is 39.9 Å². The van der Waals surface area contributed by atoms with Crippen molar-refractivity contribution in [3.8, 4) is 5.75 Å². The van der Waals surface area contributed by atoms with Crippen LogP contribution < -0.4 is 10.1 Å². The first-order valence-electron chi connectivity index (χ1n) is 7.88. The van der Waals surface area contributed by atoms with Crippen molar-refractivity contribution in [3.05, 3.63) is 48.5 Å². The number of aryl methyl sites for hydroxylation is 1. The Kier molecular flexibility index (Phi) is 4.92. The Morgan fingerprint density at radius 2 is 2.30 bits per heavy atom. The van der Waals surface area contributed by atoms with E-state index in [1.165, 1.54) is 0 Å². The van der Waals surface area contributed by atoms with Crippen LogP contribution in [-0.2, 0) is 11.3 Å². The molecule has 1 N–H and O–H groups in total. The minimum absolute atomic E-state index is 0.00943. The van der Waals surface area contributed by atoms with Crippen LogP contribution in [0.4, 0.5) is 0 Å². The lowest BCUT2D eigenvalue weighted by Crippen LogP contribution is -2.48. The van der Waals surface area contributed by atoms with Gasteiger partial charge in [0, 0.05) is 50.6 Å². The number of imidazole rings is 1. The molecule has 1 atom stereocenters. The minimum Gasteiger partial charge on any atom is -0.496 e. The molecule has 1 aliphatic heterocycles. The number of para-hydroxylation sites is 1. The first-order valence-corrected chi connectivity index (χ1v) is 7.88. The molecule has 1 aromatic heterocycles. The van der Waals surface area contributed by atoms with Crippen molar-refractivity contribution < 1.29 is 9.53 Å². The summed E-state index contributed by atoms with van der Waals surface area (Å²) in [5.74, 6) is 0.990. The van der Waals surface area contributed by atoms with Crippen LogP contribution in [0.5, 0.6) is 5.75 Å². The summed E-state index contributed by atoms with van der Waals surface area (Å²) in [4.78, 5) is 18.7. The second kappa shape index (κ2) is 7.28. The summed E-state index contributed by atoms with van der Waals surface area (Å²) in [7, 11) is 1.67. The number of aromatic nitrogens is 2. The van der Waals surface area contributed by atoms with Gasteiger partial charge in [-0.15, -0.1) is 0 Å². The smallest absolute Gasteiger partial charge is 0.224 e. The Morgan fingerprint density at radius 3 is 3.09 bits per heavy atom. The van der Waals surface area contributed by atoms with E-state index in [0.717, 1.165) is 24.4 Å². The zero-order valence-corrected chi connectivity index (χ0v) is 13.3. The number of amides is 1. The molecule has 3 rings (SSSR count). The summed E-state index contributed by atoms with van der Waals surface area (Å²) < 4.78 is 7.40. The zero-order chi connectivity index (χ0) is 16.1. The fourth-order valence-corrected chi connectivity index (χ4v) is 3.01. The first kappa shape index (κ1) is 15.6. The van der Waals surface area contributed by atoms with Crippen molar-refractivity contribution in [2.24, 2.45) is 0 Å². The van der Waals surface area contributed by atoms with Gasteiger partial charge in [-0.2, -0.15) is 0 Å². The topological polar surface area (TPSA) is 59.4 Å². The van der Waals surface area contributed by atoms with Crippen LogP contribution in [0, 0.1) is 0 Å². The maximum Gasteiger partial charge on any atom is 0.224 e. The average Bonchev–Trinajstić information content (AvgIpc) is 3.13. The van der Waals surface area contributed by atoms with Crippen molar-refractivity contribution in [3.63, 3.8) is 0 Å². The molecule has 0 spiro atoms. The molecule has 1 saturated heterocycles. The number of carbonyl (C=O) groups excluding carboxylic acids is 1. The van der Waals surface area contributed by atoms with Crippen molar-refractivity contribution in [2.75, 3.05) is 26.7 Å². The van der Waals surface area contributed by atoms with E-state index in [-0.39, 0.29) is 11.9 Å². The molecule has 0 bridgehead atoms. The Bertz CT molecular complexity index is 642. The van der Waals surface area contributed by atoms with E-state index in [1.54, 1.807) is 19.6 Å². The summed E-state index contributed by atoms with van der Waals surface area (Å²) in [5.41, 5.74) is 1.05. The van der Waals surface area contributed by atoms with Crippen molar-refractivity contribution in [2.45, 2.75) is 19.0 Å². The molecule has 1 fully saturated rings. The Balaban J connectivity index is 1.74. The predicted octanol–water partition coefficient (Wildman–Crippen LogP) is 1.45. The van der Waals surface area contributed by atoms with Crippen molar-refractivity contribution in [1.82, 2.24) is 19.8 Å². The normalized spacial score (nSPS) is 18.0. The van der Waals surface area contributed by atoms with E-state index in [4.69, 9.17) is 4.74 Å². The van der Waals surface area contributed by atoms with Gasteiger partial charge in [0.05, 0.1) is 19.5 Å². The fraction of sp³-hybridized carbons (Fsp3) is 0.412. The summed E-state index contributed by atoms with van der Waals surface area (Å²) >= 11 is 0. The van der Waals surface area contributed by atoms with Crippen LogP contribution in [0.3, 0.4) is 0 Å². The third kappa shape index (κ3) is 3.53. The number of nitrogens with zero attached hydrogens (tertiary/aromatic N) is 3. The van der Waals surface area contributed by atoms with Gasteiger partial charge in [-0.25, -0.2) is 4.98 Å². The van der Waals surface area contributed by atoms with Crippen molar-refractivity contribution in [1.29, 1.82) is 0 Å². The molecular formula is C17H22N4O2. The van der Waals surface area contributed by atoms with Crippen LogP contribution in [0.1, 0.15) is 18.0 Å². The van der Waals surface area contributed by atoms with Crippen LogP contribution in [0.15, 0.2) is 43.0 Å². The first-order chi connectivity index (χ1) is 11.3. The summed E-state index contributed by atoms with van der Waals surface area (Å²) in [6, 6.07) is 7.92. The minimum atomic E-state index is 0.00943. The molecule has 0 aliphatic carbocycles. The lowest BCUT2D eigenvalue weighted by molar-refractivity contribution is -0.134. The lowest BCUT2D eigenvalue weighted by atomic mass is 10.0. The van der Waals surface area contributed by atoms with Crippen LogP contribution in [0.25, 0.3) is 0 Å². The van der Waals surface area contributed by atoms with Gasteiger partial charge in [-0.3, -0.25) is 4.79 Å². The molecule has 1 aromatic carbocycles. The molecule has 0 saturated carbocycles. The molecule has 6 nitrogen and oxygen atoms in total. The Morgan fingerprint density at radius 1 is 1.43 bits per heavy atom. The predicted molar refractivity (Wildman–Crippen MR) is 87.2 cm³/mol. The average molecular weight is 314 g/mol. The summed E-state index contributed by atoms with van der Waals surface area (Å²) in [6.07, 6.45) is 5.82. The number of benzene rings is 1. The highest BCUT2D eigenvalue weighted by Crippen LogP contribution is 2.30. The molecule has 2 aromatic rings. The van der Waals surface area contributed by atoms with Gasteiger partial charge in [0.1, 0.15) is 5.75 Å². The zero-order valence-electron chi connectivity index (χ0n) is 13.3. The van der Waals surface area contributed by atoms with Gasteiger partial charge in [-0.05, 0) is 6.07 Å². The molecule has 1 aliphatic rings. The highest BCUT2D eigenvalue weighted by molar-refractivity contribution is 5.77. The fourth-order valence-electron chi connectivity index (χ4n) is 3.01. The van der Waals surface area contributed by atoms with Gasteiger partial charge < -0.3 is 19.5 Å². The highest BCUT2D eigenvalue weighted by Gasteiger charge is 2.29. The van der Waals surface area contributed by atoms with Gasteiger partial charge in [0.15, 0.2) is 0 Å². The summed E-state index contributed by atoms with van der Waals surface area (Å²) in [6.45, 7) is 2.94. The number of hydrogen-bond donors (Lipinski definition) is 1. The number of carbonyl (C=O) groups is 1. The third-order valence-corrected chi connectivity index (χ3v) is 4.20. The van der Waals surface area contributed by atoms with E-state index >= 15 is 0 Å². The van der Waals surface area contributed by atoms with Crippen LogP contribution in [0.2, 0.25) is 0 Å². The second-order valence-corrected chi connectivity index (χ2v) is 5.60. The van der Waals surface area contributed by atoms with E-state index in [9.17, 15) is 4.79 Å². The molecular weight excluding hydrogens is 292 g/mol. The number of piperazine rings is 1.